The Morgan fingerprint density at radius 2 is 2.32 bits per heavy atom. The van der Waals surface area contributed by atoms with Crippen molar-refractivity contribution >= 4 is 17.7 Å². The molecule has 0 aromatic carbocycles. The van der Waals surface area contributed by atoms with Gasteiger partial charge in [0.2, 0.25) is 0 Å². The van der Waals surface area contributed by atoms with Crippen LogP contribution in [-0.4, -0.2) is 36.6 Å². The van der Waals surface area contributed by atoms with Crippen LogP contribution in [0.5, 0.6) is 0 Å². The second kappa shape index (κ2) is 9.13. The molecular weight excluding hydrogens is 262 g/mol. The topological polar surface area (TPSA) is 39.1 Å². The molecule has 0 radical (unpaired) electrons. The molecule has 0 aliphatic heterocycles. The molecular formula is C14H24ClN3O. The van der Waals surface area contributed by atoms with Crippen LogP contribution >= 0.6 is 11.6 Å². The predicted octanol–water partition coefficient (Wildman–Crippen LogP) is 2.83. The van der Waals surface area contributed by atoms with E-state index in [0.717, 1.165) is 25.2 Å². The number of ether oxygens (including phenoxy) is 1. The minimum Gasteiger partial charge on any atom is -0.383 e. The van der Waals surface area contributed by atoms with Crippen LogP contribution < -0.4 is 5.32 Å². The van der Waals surface area contributed by atoms with Crippen molar-refractivity contribution in [2.24, 2.45) is 5.92 Å². The molecule has 1 heterocycles. The summed E-state index contributed by atoms with van der Waals surface area (Å²) < 4.78 is 6.92. The monoisotopic (exact) mass is 285 g/mol. The summed E-state index contributed by atoms with van der Waals surface area (Å²) in [6.45, 7) is 7.80. The summed E-state index contributed by atoms with van der Waals surface area (Å²) in [5, 5.41) is 8.31. The van der Waals surface area contributed by atoms with E-state index in [1.807, 2.05) is 10.8 Å². The molecule has 0 unspecified atom stereocenters. The number of hydrogen-bond donors (Lipinski definition) is 1. The normalized spacial score (nSPS) is 11.8. The summed E-state index contributed by atoms with van der Waals surface area (Å²) in [5.41, 5.74) is 0.947. The summed E-state index contributed by atoms with van der Waals surface area (Å²) in [5.74, 6) is 0.689. The maximum Gasteiger partial charge on any atom is 0.0859 e. The molecule has 0 bridgehead atoms. The van der Waals surface area contributed by atoms with Gasteiger partial charge < -0.3 is 10.1 Å². The molecule has 0 spiro atoms. The maximum atomic E-state index is 6.11. The second-order valence-corrected chi connectivity index (χ2v) is 5.29. The number of halogens is 1. The van der Waals surface area contributed by atoms with Crippen LogP contribution in [0.15, 0.2) is 12.3 Å². The first-order valence-corrected chi connectivity index (χ1v) is 7.10. The molecule has 0 aliphatic rings. The van der Waals surface area contributed by atoms with Gasteiger partial charge in [0, 0.05) is 7.11 Å². The van der Waals surface area contributed by atoms with Gasteiger partial charge in [0.15, 0.2) is 0 Å². The van der Waals surface area contributed by atoms with Crippen molar-refractivity contribution in [3.63, 3.8) is 0 Å². The van der Waals surface area contributed by atoms with Gasteiger partial charge in [-0.1, -0.05) is 31.5 Å². The van der Waals surface area contributed by atoms with Crippen molar-refractivity contribution in [1.82, 2.24) is 15.1 Å². The predicted molar refractivity (Wildman–Crippen MR) is 80.5 cm³/mol. The van der Waals surface area contributed by atoms with Crippen LogP contribution in [0.25, 0.3) is 6.08 Å². The maximum absolute atomic E-state index is 6.11. The standard InChI is InChI=1S/C14H24ClN3O/c1-12(2)10-16-7-5-4-6-14-13(15)11-17-18(14)8-9-19-3/h4,6,11-12,16H,5,7-10H2,1-3H3/b6-4+. The minimum atomic E-state index is 0.634. The molecule has 1 rings (SSSR count). The van der Waals surface area contributed by atoms with Crippen LogP contribution in [0.4, 0.5) is 0 Å². The van der Waals surface area contributed by atoms with Crippen molar-refractivity contribution < 1.29 is 4.74 Å². The number of hydrogen-bond acceptors (Lipinski definition) is 3. The highest BCUT2D eigenvalue weighted by atomic mass is 35.5. The van der Waals surface area contributed by atoms with Gasteiger partial charge in [0.05, 0.1) is 30.1 Å². The lowest BCUT2D eigenvalue weighted by molar-refractivity contribution is 0.183. The molecule has 1 aromatic rings. The van der Waals surface area contributed by atoms with Crippen molar-refractivity contribution in [2.75, 3.05) is 26.8 Å². The number of methoxy groups -OCH3 is 1. The number of aromatic nitrogens is 2. The Bertz CT molecular complexity index is 388. The lowest BCUT2D eigenvalue weighted by Crippen LogP contribution is -2.20. The third-order valence-electron chi connectivity index (χ3n) is 2.66. The fourth-order valence-electron chi connectivity index (χ4n) is 1.66. The zero-order chi connectivity index (χ0) is 14.1. The van der Waals surface area contributed by atoms with Gasteiger partial charge >= 0.3 is 0 Å². The van der Waals surface area contributed by atoms with E-state index in [1.165, 1.54) is 0 Å². The Hall–Kier alpha value is -0.840. The molecule has 108 valence electrons. The third kappa shape index (κ3) is 6.23. The van der Waals surface area contributed by atoms with Crippen molar-refractivity contribution in [2.45, 2.75) is 26.8 Å². The van der Waals surface area contributed by atoms with Crippen molar-refractivity contribution in [3.05, 3.63) is 23.0 Å². The van der Waals surface area contributed by atoms with Crippen LogP contribution in [0.3, 0.4) is 0 Å². The molecule has 0 aliphatic carbocycles. The number of nitrogens with zero attached hydrogens (tertiary/aromatic N) is 2. The van der Waals surface area contributed by atoms with Gasteiger partial charge in [-0.3, -0.25) is 4.68 Å². The zero-order valence-electron chi connectivity index (χ0n) is 12.0. The Balaban J connectivity index is 2.40. The third-order valence-corrected chi connectivity index (χ3v) is 2.95. The highest BCUT2D eigenvalue weighted by Gasteiger charge is 2.05. The SMILES string of the molecule is COCCn1ncc(Cl)c1/C=C/CCNCC(C)C. The molecule has 0 saturated heterocycles. The first kappa shape index (κ1) is 16.2. The van der Waals surface area contributed by atoms with E-state index in [9.17, 15) is 0 Å². The van der Waals surface area contributed by atoms with E-state index in [0.29, 0.717) is 24.1 Å². The Morgan fingerprint density at radius 1 is 1.53 bits per heavy atom. The molecule has 0 atom stereocenters. The molecule has 0 amide bonds. The number of nitrogens with one attached hydrogen (secondary N) is 1. The van der Waals surface area contributed by atoms with Crippen LogP contribution in [-0.2, 0) is 11.3 Å². The van der Waals surface area contributed by atoms with Crippen LogP contribution in [0.2, 0.25) is 5.02 Å². The van der Waals surface area contributed by atoms with Gasteiger partial charge in [0.1, 0.15) is 0 Å². The van der Waals surface area contributed by atoms with Gasteiger partial charge in [-0.05, 0) is 31.5 Å². The quantitative estimate of drug-likeness (QED) is 0.709. The summed E-state index contributed by atoms with van der Waals surface area (Å²) >= 11 is 6.11. The van der Waals surface area contributed by atoms with Gasteiger partial charge in [-0.2, -0.15) is 5.10 Å². The molecule has 19 heavy (non-hydrogen) atoms. The number of rotatable bonds is 9. The summed E-state index contributed by atoms with van der Waals surface area (Å²) in [6.07, 6.45) is 6.81. The van der Waals surface area contributed by atoms with Gasteiger partial charge in [-0.15, -0.1) is 0 Å². The fraction of sp³-hybridized carbons (Fsp3) is 0.643. The van der Waals surface area contributed by atoms with E-state index in [2.05, 4.69) is 30.3 Å². The van der Waals surface area contributed by atoms with Crippen molar-refractivity contribution in [3.8, 4) is 0 Å². The molecule has 1 aromatic heterocycles. The van der Waals surface area contributed by atoms with Gasteiger partial charge in [-0.25, -0.2) is 0 Å². The smallest absolute Gasteiger partial charge is 0.0859 e. The van der Waals surface area contributed by atoms with E-state index in [1.54, 1.807) is 13.3 Å². The first-order chi connectivity index (χ1) is 9.15. The summed E-state index contributed by atoms with van der Waals surface area (Å²) in [7, 11) is 1.68. The molecule has 0 fully saturated rings. The van der Waals surface area contributed by atoms with E-state index < -0.39 is 0 Å². The van der Waals surface area contributed by atoms with Crippen LogP contribution in [0.1, 0.15) is 26.0 Å². The highest BCUT2D eigenvalue weighted by Crippen LogP contribution is 2.16. The van der Waals surface area contributed by atoms with E-state index in [4.69, 9.17) is 16.3 Å². The molecule has 0 saturated carbocycles. The average Bonchev–Trinajstić information content (AvgIpc) is 2.72. The van der Waals surface area contributed by atoms with E-state index >= 15 is 0 Å². The fourth-order valence-corrected chi connectivity index (χ4v) is 1.87. The summed E-state index contributed by atoms with van der Waals surface area (Å²) in [6, 6.07) is 0. The van der Waals surface area contributed by atoms with E-state index in [-0.39, 0.29) is 0 Å². The van der Waals surface area contributed by atoms with Gasteiger partial charge in [0.25, 0.3) is 0 Å². The Morgan fingerprint density at radius 3 is 3.00 bits per heavy atom. The molecule has 4 nitrogen and oxygen atoms in total. The lowest BCUT2D eigenvalue weighted by atomic mass is 10.2. The first-order valence-electron chi connectivity index (χ1n) is 6.72. The summed E-state index contributed by atoms with van der Waals surface area (Å²) in [4.78, 5) is 0. The zero-order valence-corrected chi connectivity index (χ0v) is 12.8. The Kier molecular flexibility index (Phi) is 7.79. The van der Waals surface area contributed by atoms with Crippen LogP contribution in [0, 0.1) is 5.92 Å². The average molecular weight is 286 g/mol. The lowest BCUT2D eigenvalue weighted by Gasteiger charge is -2.05. The van der Waals surface area contributed by atoms with Crippen molar-refractivity contribution in [1.29, 1.82) is 0 Å². The highest BCUT2D eigenvalue weighted by molar-refractivity contribution is 6.31. The molecule has 5 heteroatoms. The largest absolute Gasteiger partial charge is 0.383 e. The second-order valence-electron chi connectivity index (χ2n) is 4.88. The minimum absolute atomic E-state index is 0.634. The molecule has 1 N–H and O–H groups in total. The Labute approximate surface area is 120 Å².